The molecule has 2 N–H and O–H groups in total. The van der Waals surface area contributed by atoms with Gasteiger partial charge >= 0.3 is 0 Å². The Balaban J connectivity index is 1.61. The summed E-state index contributed by atoms with van der Waals surface area (Å²) in [7, 11) is -4.02. The van der Waals surface area contributed by atoms with Crippen LogP contribution in [0.2, 0.25) is 10.0 Å². The lowest BCUT2D eigenvalue weighted by Crippen LogP contribution is -2.26. The summed E-state index contributed by atoms with van der Waals surface area (Å²) in [5.41, 5.74) is 1.60. The van der Waals surface area contributed by atoms with E-state index in [4.69, 9.17) is 23.2 Å². The number of sulfonamides is 1. The van der Waals surface area contributed by atoms with Crippen molar-refractivity contribution in [1.29, 1.82) is 0 Å². The highest BCUT2D eigenvalue weighted by Gasteiger charge is 2.40. The largest absolute Gasteiger partial charge is 0.303 e. The highest BCUT2D eigenvalue weighted by molar-refractivity contribution is 8.18. The van der Waals surface area contributed by atoms with Crippen LogP contribution in [0.5, 0.6) is 0 Å². The highest BCUT2D eigenvalue weighted by atomic mass is 35.5. The van der Waals surface area contributed by atoms with Crippen LogP contribution >= 0.6 is 35.0 Å². The highest BCUT2D eigenvalue weighted by Crippen LogP contribution is 2.44. The first kappa shape index (κ1) is 24.4. The van der Waals surface area contributed by atoms with Crippen LogP contribution in [0.15, 0.2) is 76.5 Å². The number of benzene rings is 3. The molecule has 0 aromatic heterocycles. The Morgan fingerprint density at radius 1 is 0.917 bits per heavy atom. The SMILES string of the molecule is O=C1NC(=O)/C(=C2/C(=O)N(Cc3ccc(Cl)c(Cl)c3)c3ccc(S(=O)(=O)Nc4ccccc4)cc32)S1. The van der Waals surface area contributed by atoms with Crippen LogP contribution < -0.4 is 14.9 Å². The van der Waals surface area contributed by atoms with E-state index in [9.17, 15) is 22.8 Å². The van der Waals surface area contributed by atoms with E-state index in [0.717, 1.165) is 0 Å². The van der Waals surface area contributed by atoms with Crippen molar-refractivity contribution >= 4 is 79.0 Å². The second-order valence-electron chi connectivity index (χ2n) is 7.84. The van der Waals surface area contributed by atoms with E-state index >= 15 is 0 Å². The van der Waals surface area contributed by atoms with Gasteiger partial charge in [0.25, 0.3) is 27.1 Å². The normalized spacial score (nSPS) is 17.4. The summed E-state index contributed by atoms with van der Waals surface area (Å²) >= 11 is 12.7. The molecule has 0 radical (unpaired) electrons. The van der Waals surface area contributed by atoms with E-state index in [-0.39, 0.29) is 27.5 Å². The van der Waals surface area contributed by atoms with Gasteiger partial charge in [-0.25, -0.2) is 8.42 Å². The molecule has 2 aliphatic rings. The maximum absolute atomic E-state index is 13.5. The molecule has 0 spiro atoms. The van der Waals surface area contributed by atoms with Crippen molar-refractivity contribution in [3.05, 3.63) is 92.8 Å². The van der Waals surface area contributed by atoms with Crippen molar-refractivity contribution < 1.29 is 22.8 Å². The van der Waals surface area contributed by atoms with Crippen LogP contribution in [0.1, 0.15) is 11.1 Å². The summed E-state index contributed by atoms with van der Waals surface area (Å²) in [5.74, 6) is -1.26. The van der Waals surface area contributed by atoms with E-state index in [1.165, 1.54) is 23.1 Å². The van der Waals surface area contributed by atoms with Gasteiger partial charge in [0.15, 0.2) is 0 Å². The lowest BCUT2D eigenvalue weighted by molar-refractivity contribution is -0.116. The number of anilines is 2. The van der Waals surface area contributed by atoms with Crippen LogP contribution in [0.25, 0.3) is 5.57 Å². The van der Waals surface area contributed by atoms with Crippen LogP contribution in [0.3, 0.4) is 0 Å². The Morgan fingerprint density at radius 2 is 1.67 bits per heavy atom. The van der Waals surface area contributed by atoms with Crippen molar-refractivity contribution in [3.63, 3.8) is 0 Å². The molecular formula is C24H15Cl2N3O5S2. The van der Waals surface area contributed by atoms with E-state index in [1.54, 1.807) is 48.5 Å². The van der Waals surface area contributed by atoms with Gasteiger partial charge in [0.05, 0.1) is 37.7 Å². The Morgan fingerprint density at radius 3 is 2.33 bits per heavy atom. The molecular weight excluding hydrogens is 545 g/mol. The van der Waals surface area contributed by atoms with Gasteiger partial charge in [-0.1, -0.05) is 47.5 Å². The number of para-hydroxylation sites is 1. The second-order valence-corrected chi connectivity index (χ2v) is 11.3. The molecule has 3 amide bonds. The molecule has 2 aliphatic heterocycles. The summed E-state index contributed by atoms with van der Waals surface area (Å²) in [6.07, 6.45) is 0. The molecule has 1 saturated heterocycles. The number of carbonyl (C=O) groups is 3. The zero-order valence-electron chi connectivity index (χ0n) is 18.1. The Kier molecular flexibility index (Phi) is 6.29. The van der Waals surface area contributed by atoms with Crippen molar-refractivity contribution in [2.75, 3.05) is 9.62 Å². The topological polar surface area (TPSA) is 113 Å². The number of hydrogen-bond donors (Lipinski definition) is 2. The molecule has 5 rings (SSSR count). The minimum atomic E-state index is -4.02. The number of thioether (sulfide) groups is 1. The van der Waals surface area contributed by atoms with Crippen molar-refractivity contribution in [3.8, 4) is 0 Å². The van der Waals surface area contributed by atoms with E-state index < -0.39 is 27.1 Å². The van der Waals surface area contributed by atoms with Crippen LogP contribution in [-0.2, 0) is 26.2 Å². The van der Waals surface area contributed by atoms with Gasteiger partial charge in [0, 0.05) is 11.3 Å². The third-order valence-corrected chi connectivity index (χ3v) is 8.49. The molecule has 0 atom stereocenters. The van der Waals surface area contributed by atoms with Crippen molar-refractivity contribution in [1.82, 2.24) is 5.32 Å². The van der Waals surface area contributed by atoms with E-state index in [2.05, 4.69) is 10.0 Å². The minimum absolute atomic E-state index is 0.0461. The predicted octanol–water partition coefficient (Wildman–Crippen LogP) is 5.04. The first-order chi connectivity index (χ1) is 17.1. The predicted molar refractivity (Wildman–Crippen MR) is 139 cm³/mol. The van der Waals surface area contributed by atoms with Crippen LogP contribution in [0.4, 0.5) is 16.2 Å². The van der Waals surface area contributed by atoms with Crippen LogP contribution in [0, 0.1) is 0 Å². The number of nitrogens with one attached hydrogen (secondary N) is 2. The molecule has 3 aromatic carbocycles. The third kappa shape index (κ3) is 4.48. The molecule has 182 valence electrons. The summed E-state index contributed by atoms with van der Waals surface area (Å²) < 4.78 is 28.6. The van der Waals surface area contributed by atoms with Gasteiger partial charge in [-0.3, -0.25) is 24.4 Å². The molecule has 0 bridgehead atoms. The minimum Gasteiger partial charge on any atom is -0.303 e. The zero-order chi connectivity index (χ0) is 25.6. The van der Waals surface area contributed by atoms with Gasteiger partial charge in [0.2, 0.25) is 0 Å². The molecule has 3 aromatic rings. The number of nitrogens with zero attached hydrogens (tertiary/aromatic N) is 1. The number of hydrogen-bond acceptors (Lipinski definition) is 6. The molecule has 0 aliphatic carbocycles. The maximum Gasteiger partial charge on any atom is 0.290 e. The lowest BCUT2D eigenvalue weighted by Gasteiger charge is -2.18. The number of amides is 3. The van der Waals surface area contributed by atoms with Gasteiger partial charge in [0.1, 0.15) is 0 Å². The monoisotopic (exact) mass is 559 g/mol. The fourth-order valence-corrected chi connectivity index (χ4v) is 6.05. The number of carbonyl (C=O) groups excluding carboxylic acids is 3. The Labute approximate surface area is 220 Å². The van der Waals surface area contributed by atoms with Gasteiger partial charge in [-0.15, -0.1) is 0 Å². The lowest BCUT2D eigenvalue weighted by atomic mass is 10.1. The van der Waals surface area contributed by atoms with Crippen molar-refractivity contribution in [2.45, 2.75) is 11.4 Å². The smallest absolute Gasteiger partial charge is 0.290 e. The van der Waals surface area contributed by atoms with Gasteiger partial charge in [-0.05, 0) is 59.8 Å². The Bertz CT molecular complexity index is 1590. The molecule has 12 heteroatoms. The molecule has 1 fully saturated rings. The first-order valence-corrected chi connectivity index (χ1v) is 13.4. The third-order valence-electron chi connectivity index (χ3n) is 5.49. The second kappa shape index (κ2) is 9.29. The molecule has 2 heterocycles. The molecule has 0 saturated carbocycles. The zero-order valence-corrected chi connectivity index (χ0v) is 21.3. The average molecular weight is 560 g/mol. The summed E-state index contributed by atoms with van der Waals surface area (Å²) in [6, 6.07) is 17.5. The quantitative estimate of drug-likeness (QED) is 0.423. The first-order valence-electron chi connectivity index (χ1n) is 10.4. The summed E-state index contributed by atoms with van der Waals surface area (Å²) in [4.78, 5) is 39.1. The fourth-order valence-electron chi connectivity index (χ4n) is 3.87. The van der Waals surface area contributed by atoms with E-state index in [0.29, 0.717) is 38.7 Å². The standard InChI is InChI=1S/C24H15Cl2N3O5S2/c25-17-8-6-13(10-18(17)26)12-29-19-9-7-15(36(33,34)28-14-4-2-1-3-5-14)11-16(19)20(23(29)31)21-22(30)27-24(32)35-21/h1-11,28H,12H2,(H,27,30,32)/b21-20-. The van der Waals surface area contributed by atoms with Gasteiger partial charge in [-0.2, -0.15) is 0 Å². The van der Waals surface area contributed by atoms with Crippen LogP contribution in [-0.4, -0.2) is 25.5 Å². The number of fused-ring (bicyclic) bond motifs is 1. The number of imide groups is 1. The molecule has 0 unspecified atom stereocenters. The molecule has 36 heavy (non-hydrogen) atoms. The molecule has 8 nitrogen and oxygen atoms in total. The number of rotatable bonds is 5. The Hall–Kier alpha value is -3.31. The summed E-state index contributed by atoms with van der Waals surface area (Å²) in [5, 5.41) is 2.19. The van der Waals surface area contributed by atoms with Gasteiger partial charge < -0.3 is 4.90 Å². The number of halogens is 2. The summed E-state index contributed by atoms with van der Waals surface area (Å²) in [6.45, 7) is 0.0775. The average Bonchev–Trinajstić information content (AvgIpc) is 3.30. The van der Waals surface area contributed by atoms with E-state index in [1.807, 2.05) is 0 Å². The van der Waals surface area contributed by atoms with Crippen molar-refractivity contribution in [2.24, 2.45) is 0 Å². The fraction of sp³-hybridized carbons (Fsp3) is 0.0417. The maximum atomic E-state index is 13.5.